The lowest BCUT2D eigenvalue weighted by Crippen LogP contribution is -2.26. The fourth-order valence-electron chi connectivity index (χ4n) is 3.93. The van der Waals surface area contributed by atoms with E-state index in [1.165, 1.54) is 25.7 Å². The van der Waals surface area contributed by atoms with Crippen molar-refractivity contribution in [1.82, 2.24) is 14.5 Å². The topological polar surface area (TPSA) is 48.7 Å². The smallest absolute Gasteiger partial charge is 0.300 e. The second-order valence-electron chi connectivity index (χ2n) is 6.08. The number of aromatic nitrogens is 4. The molecule has 0 N–H and O–H groups in total. The van der Waals surface area contributed by atoms with E-state index >= 15 is 0 Å². The molecule has 2 aromatic rings. The van der Waals surface area contributed by atoms with Crippen LogP contribution in [-0.2, 0) is 14.1 Å². The van der Waals surface area contributed by atoms with Crippen molar-refractivity contribution in [1.29, 1.82) is 0 Å². The van der Waals surface area contributed by atoms with Crippen LogP contribution in [-0.4, -0.2) is 20.6 Å². The van der Waals surface area contributed by atoms with E-state index in [0.29, 0.717) is 6.04 Å². The Morgan fingerprint density at radius 1 is 1.32 bits per heavy atom. The van der Waals surface area contributed by atoms with Crippen LogP contribution in [0.4, 0.5) is 5.82 Å². The molecule has 0 spiro atoms. The van der Waals surface area contributed by atoms with Gasteiger partial charge in [0, 0.05) is 0 Å². The average molecular weight is 257 g/mol. The lowest BCUT2D eigenvalue weighted by Gasteiger charge is -2.29. The normalized spacial score (nSPS) is 29.3. The number of rotatable bonds is 2. The SMILES string of the molecule is Cn1c[n+](C)c2ncnc([N-]C3C[C@H]4CC[C@@H]3C4)c21. The first-order valence-electron chi connectivity index (χ1n) is 7.09. The standard InChI is InChI=1S/C14H19N5/c1-18-8-19(2)14-12(18)13(15-7-16-14)17-11-6-9-3-4-10(11)5-9/h7-11H,3-6H2,1-2H3/t9-,10+,11?/m0/s1. The van der Waals surface area contributed by atoms with Crippen LogP contribution in [0.5, 0.6) is 0 Å². The third kappa shape index (κ3) is 1.64. The van der Waals surface area contributed by atoms with E-state index in [2.05, 4.69) is 14.5 Å². The first-order chi connectivity index (χ1) is 9.22. The summed E-state index contributed by atoms with van der Waals surface area (Å²) in [6.07, 6.45) is 9.06. The molecule has 2 bridgehead atoms. The molecular weight excluding hydrogens is 238 g/mol. The monoisotopic (exact) mass is 257 g/mol. The van der Waals surface area contributed by atoms with Gasteiger partial charge in [-0.3, -0.25) is 4.57 Å². The van der Waals surface area contributed by atoms with E-state index in [-0.39, 0.29) is 0 Å². The van der Waals surface area contributed by atoms with Gasteiger partial charge in [-0.05, 0) is 36.5 Å². The van der Waals surface area contributed by atoms with E-state index in [0.717, 1.165) is 28.8 Å². The summed E-state index contributed by atoms with van der Waals surface area (Å²) in [5.74, 6) is 2.58. The molecule has 2 aliphatic rings. The molecule has 100 valence electrons. The Balaban J connectivity index is 1.71. The van der Waals surface area contributed by atoms with Crippen molar-refractivity contribution in [3.05, 3.63) is 18.0 Å². The Bertz CT molecular complexity index is 632. The summed E-state index contributed by atoms with van der Waals surface area (Å²) >= 11 is 0. The summed E-state index contributed by atoms with van der Waals surface area (Å²) < 4.78 is 4.10. The first-order valence-corrected chi connectivity index (χ1v) is 7.09. The molecule has 2 fully saturated rings. The van der Waals surface area contributed by atoms with E-state index in [1.54, 1.807) is 6.33 Å². The molecule has 0 aliphatic heterocycles. The zero-order valence-electron chi connectivity index (χ0n) is 11.5. The predicted molar refractivity (Wildman–Crippen MR) is 71.9 cm³/mol. The van der Waals surface area contributed by atoms with Gasteiger partial charge >= 0.3 is 5.65 Å². The molecule has 2 aliphatic carbocycles. The molecule has 0 amide bonds. The summed E-state index contributed by atoms with van der Waals surface area (Å²) in [6, 6.07) is 0.483. The second-order valence-corrected chi connectivity index (χ2v) is 6.08. The van der Waals surface area contributed by atoms with Gasteiger partial charge in [0.05, 0.1) is 20.4 Å². The first kappa shape index (κ1) is 11.2. The quantitative estimate of drug-likeness (QED) is 0.772. The van der Waals surface area contributed by atoms with Gasteiger partial charge in [-0.15, -0.1) is 4.98 Å². The minimum absolute atomic E-state index is 0.483. The van der Waals surface area contributed by atoms with Gasteiger partial charge in [0.15, 0.2) is 11.8 Å². The summed E-state index contributed by atoms with van der Waals surface area (Å²) in [6.45, 7) is 0. The highest BCUT2D eigenvalue weighted by Crippen LogP contribution is 2.49. The van der Waals surface area contributed by atoms with Crippen LogP contribution in [0.25, 0.3) is 16.5 Å². The largest absolute Gasteiger partial charge is 0.459 e. The molecule has 3 atom stereocenters. The van der Waals surface area contributed by atoms with Crippen molar-refractivity contribution < 1.29 is 4.57 Å². The van der Waals surface area contributed by atoms with Crippen LogP contribution < -0.4 is 4.57 Å². The van der Waals surface area contributed by atoms with Crippen LogP contribution >= 0.6 is 0 Å². The summed E-state index contributed by atoms with van der Waals surface area (Å²) in [7, 11) is 4.04. The van der Waals surface area contributed by atoms with Gasteiger partial charge in [0.1, 0.15) is 0 Å². The molecule has 0 saturated heterocycles. The van der Waals surface area contributed by atoms with Crippen molar-refractivity contribution >= 4 is 17.0 Å². The maximum absolute atomic E-state index is 4.96. The third-order valence-electron chi connectivity index (χ3n) is 4.81. The molecule has 0 radical (unpaired) electrons. The Morgan fingerprint density at radius 2 is 2.21 bits per heavy atom. The van der Waals surface area contributed by atoms with Crippen LogP contribution in [0.3, 0.4) is 0 Å². The summed E-state index contributed by atoms with van der Waals surface area (Å²) in [5, 5.41) is 4.96. The Labute approximate surface area is 112 Å². The van der Waals surface area contributed by atoms with Crippen LogP contribution in [0.1, 0.15) is 25.7 Å². The predicted octanol–water partition coefficient (Wildman–Crippen LogP) is 1.99. The van der Waals surface area contributed by atoms with Gasteiger partial charge in [0.2, 0.25) is 0 Å². The van der Waals surface area contributed by atoms with Gasteiger partial charge in [-0.25, -0.2) is 4.57 Å². The minimum atomic E-state index is 0.483. The molecule has 5 heteroatoms. The fraction of sp³-hybridized carbons (Fsp3) is 0.643. The molecule has 0 aromatic carbocycles. The van der Waals surface area contributed by atoms with Crippen LogP contribution in [0, 0.1) is 11.8 Å². The second kappa shape index (κ2) is 3.92. The van der Waals surface area contributed by atoms with Gasteiger partial charge in [-0.2, -0.15) is 0 Å². The van der Waals surface area contributed by atoms with Crippen molar-refractivity contribution in [3.63, 3.8) is 0 Å². The third-order valence-corrected chi connectivity index (χ3v) is 4.81. The Hall–Kier alpha value is -1.65. The maximum atomic E-state index is 4.96. The summed E-state index contributed by atoms with van der Waals surface area (Å²) in [4.78, 5) is 8.77. The van der Waals surface area contributed by atoms with Gasteiger partial charge in [-0.1, -0.05) is 12.8 Å². The highest BCUT2D eigenvalue weighted by molar-refractivity contribution is 5.82. The molecule has 19 heavy (non-hydrogen) atoms. The molecule has 2 heterocycles. The number of hydrogen-bond acceptors (Lipinski definition) is 2. The molecule has 2 saturated carbocycles. The number of nitrogens with zero attached hydrogens (tertiary/aromatic N) is 5. The number of fused-ring (bicyclic) bond motifs is 3. The van der Waals surface area contributed by atoms with E-state index in [4.69, 9.17) is 5.32 Å². The van der Waals surface area contributed by atoms with Gasteiger partial charge < -0.3 is 10.3 Å². The molecular formula is C14H19N5. The fourth-order valence-corrected chi connectivity index (χ4v) is 3.93. The molecule has 1 unspecified atom stereocenters. The van der Waals surface area contributed by atoms with E-state index < -0.39 is 0 Å². The van der Waals surface area contributed by atoms with E-state index in [9.17, 15) is 0 Å². The lowest BCUT2D eigenvalue weighted by molar-refractivity contribution is -0.647. The van der Waals surface area contributed by atoms with Crippen LogP contribution in [0.15, 0.2) is 12.7 Å². The number of imidazole rings is 1. The molecule has 5 nitrogen and oxygen atoms in total. The Kier molecular flexibility index (Phi) is 2.31. The zero-order chi connectivity index (χ0) is 13.0. The molecule has 2 aromatic heterocycles. The van der Waals surface area contributed by atoms with E-state index in [1.807, 2.05) is 25.0 Å². The van der Waals surface area contributed by atoms with Crippen molar-refractivity contribution in [3.8, 4) is 0 Å². The number of aryl methyl sites for hydroxylation is 2. The minimum Gasteiger partial charge on any atom is -0.459 e. The maximum Gasteiger partial charge on any atom is 0.300 e. The van der Waals surface area contributed by atoms with Crippen molar-refractivity contribution in [2.24, 2.45) is 25.9 Å². The zero-order valence-corrected chi connectivity index (χ0v) is 11.5. The van der Waals surface area contributed by atoms with Crippen molar-refractivity contribution in [2.75, 3.05) is 0 Å². The highest BCUT2D eigenvalue weighted by atomic mass is 15.2. The van der Waals surface area contributed by atoms with Crippen molar-refractivity contribution in [2.45, 2.75) is 31.7 Å². The summed E-state index contributed by atoms with van der Waals surface area (Å²) in [5.41, 5.74) is 2.01. The van der Waals surface area contributed by atoms with Crippen LogP contribution in [0.2, 0.25) is 0 Å². The number of hydrogen-bond donors (Lipinski definition) is 0. The Morgan fingerprint density at radius 3 is 2.95 bits per heavy atom. The van der Waals surface area contributed by atoms with Gasteiger partial charge in [0.25, 0.3) is 0 Å². The molecule has 4 rings (SSSR count). The lowest BCUT2D eigenvalue weighted by atomic mass is 9.95. The average Bonchev–Trinajstić information content (AvgIpc) is 3.06. The highest BCUT2D eigenvalue weighted by Gasteiger charge is 2.37.